The number of aromatic nitrogens is 1. The maximum absolute atomic E-state index is 13.3. The fraction of sp³-hybridized carbons (Fsp3) is 0.0400. The third-order valence-corrected chi connectivity index (χ3v) is 5.79. The molecule has 2 heterocycles. The summed E-state index contributed by atoms with van der Waals surface area (Å²) in [4.78, 5) is 18.0. The molecule has 1 N–H and O–H groups in total. The molecular formula is C25H18N2OS. The van der Waals surface area contributed by atoms with Gasteiger partial charge in [0.05, 0.1) is 16.6 Å². The van der Waals surface area contributed by atoms with Crippen LogP contribution < -0.4 is 5.32 Å². The summed E-state index contributed by atoms with van der Waals surface area (Å²) >= 11 is 1.67. The molecule has 0 saturated carbocycles. The van der Waals surface area contributed by atoms with E-state index in [0.29, 0.717) is 12.1 Å². The Morgan fingerprint density at radius 1 is 0.828 bits per heavy atom. The van der Waals surface area contributed by atoms with Crippen LogP contribution >= 0.6 is 11.3 Å². The molecule has 0 aliphatic rings. The first-order valence-corrected chi connectivity index (χ1v) is 10.4. The molecule has 1 amide bonds. The Kier molecular flexibility index (Phi) is 4.54. The Balaban J connectivity index is 1.53. The molecule has 3 aromatic carbocycles. The summed E-state index contributed by atoms with van der Waals surface area (Å²) < 4.78 is 0. The van der Waals surface area contributed by atoms with Crippen molar-refractivity contribution in [2.45, 2.75) is 6.54 Å². The molecule has 5 rings (SSSR count). The van der Waals surface area contributed by atoms with E-state index in [1.165, 1.54) is 5.56 Å². The highest BCUT2D eigenvalue weighted by atomic mass is 32.1. The summed E-state index contributed by atoms with van der Waals surface area (Å²) in [5.74, 6) is -0.0834. The van der Waals surface area contributed by atoms with Crippen LogP contribution in [0, 0.1) is 0 Å². The number of nitrogens with zero attached hydrogens (tertiary/aromatic N) is 1. The largest absolute Gasteiger partial charge is 0.348 e. The molecule has 0 aliphatic heterocycles. The first kappa shape index (κ1) is 17.6. The first-order valence-electron chi connectivity index (χ1n) is 9.47. The van der Waals surface area contributed by atoms with Gasteiger partial charge in [0.25, 0.3) is 5.91 Å². The number of para-hydroxylation sites is 2. The second-order valence-electron chi connectivity index (χ2n) is 6.87. The standard InChI is InChI=1S/C25H18N2OS/c28-25(26-15-17-7-1-2-8-19(17)18-13-14-29-16-18)24-20-9-3-5-11-22(20)27-23-12-6-4-10-21(23)24/h1-14,16H,15H2,(H,26,28). The highest BCUT2D eigenvalue weighted by Gasteiger charge is 2.16. The van der Waals surface area contributed by atoms with Gasteiger partial charge in [-0.05, 0) is 45.6 Å². The van der Waals surface area contributed by atoms with Gasteiger partial charge in [-0.15, -0.1) is 0 Å². The third kappa shape index (κ3) is 3.28. The van der Waals surface area contributed by atoms with E-state index in [0.717, 1.165) is 32.9 Å². The van der Waals surface area contributed by atoms with Gasteiger partial charge in [-0.3, -0.25) is 4.79 Å². The number of nitrogens with one attached hydrogen (secondary N) is 1. The predicted molar refractivity (Wildman–Crippen MR) is 120 cm³/mol. The second-order valence-corrected chi connectivity index (χ2v) is 7.65. The fourth-order valence-electron chi connectivity index (χ4n) is 3.72. The van der Waals surface area contributed by atoms with Crippen molar-refractivity contribution in [3.05, 3.63) is 101 Å². The van der Waals surface area contributed by atoms with E-state index >= 15 is 0 Å². The third-order valence-electron chi connectivity index (χ3n) is 5.10. The zero-order chi connectivity index (χ0) is 19.6. The summed E-state index contributed by atoms with van der Waals surface area (Å²) in [6.07, 6.45) is 0. The summed E-state index contributed by atoms with van der Waals surface area (Å²) in [5, 5.41) is 9.08. The molecule has 0 aliphatic carbocycles. The minimum atomic E-state index is -0.0834. The Morgan fingerprint density at radius 2 is 1.48 bits per heavy atom. The molecule has 0 bridgehead atoms. The lowest BCUT2D eigenvalue weighted by Crippen LogP contribution is -2.23. The van der Waals surface area contributed by atoms with Crippen LogP contribution in [0.3, 0.4) is 0 Å². The highest BCUT2D eigenvalue weighted by molar-refractivity contribution is 7.08. The quantitative estimate of drug-likeness (QED) is 0.377. The Hall–Kier alpha value is -3.50. The van der Waals surface area contributed by atoms with Crippen molar-refractivity contribution in [1.82, 2.24) is 10.3 Å². The zero-order valence-electron chi connectivity index (χ0n) is 15.6. The Labute approximate surface area is 172 Å². The number of amides is 1. The molecule has 0 saturated heterocycles. The van der Waals surface area contributed by atoms with Crippen LogP contribution in [0.2, 0.25) is 0 Å². The maximum atomic E-state index is 13.3. The summed E-state index contributed by atoms with van der Waals surface area (Å²) in [5.41, 5.74) is 5.77. The van der Waals surface area contributed by atoms with Gasteiger partial charge in [0.2, 0.25) is 0 Å². The average Bonchev–Trinajstić information content (AvgIpc) is 3.31. The molecule has 2 aromatic heterocycles. The molecule has 0 unspecified atom stereocenters. The van der Waals surface area contributed by atoms with E-state index in [2.05, 4.69) is 34.3 Å². The lowest BCUT2D eigenvalue weighted by Gasteiger charge is -2.13. The van der Waals surface area contributed by atoms with Gasteiger partial charge in [0.1, 0.15) is 0 Å². The van der Waals surface area contributed by atoms with Crippen LogP contribution in [0.4, 0.5) is 0 Å². The summed E-state index contributed by atoms with van der Waals surface area (Å²) in [6.45, 7) is 0.468. The van der Waals surface area contributed by atoms with Crippen molar-refractivity contribution >= 4 is 39.0 Å². The molecule has 3 nitrogen and oxygen atoms in total. The van der Waals surface area contributed by atoms with Gasteiger partial charge < -0.3 is 5.32 Å². The van der Waals surface area contributed by atoms with Crippen molar-refractivity contribution in [2.24, 2.45) is 0 Å². The number of carbonyl (C=O) groups excluding carboxylic acids is 1. The topological polar surface area (TPSA) is 42.0 Å². The van der Waals surface area contributed by atoms with Crippen LogP contribution in [0.5, 0.6) is 0 Å². The highest BCUT2D eigenvalue weighted by Crippen LogP contribution is 2.28. The average molecular weight is 394 g/mol. The van der Waals surface area contributed by atoms with Crippen LogP contribution in [0.25, 0.3) is 32.9 Å². The monoisotopic (exact) mass is 394 g/mol. The molecule has 0 atom stereocenters. The van der Waals surface area contributed by atoms with Gasteiger partial charge >= 0.3 is 0 Å². The normalized spacial score (nSPS) is 11.0. The number of benzene rings is 3. The number of thiophene rings is 1. The number of rotatable bonds is 4. The van der Waals surface area contributed by atoms with E-state index in [4.69, 9.17) is 4.98 Å². The van der Waals surface area contributed by atoms with E-state index in [9.17, 15) is 4.79 Å². The van der Waals surface area contributed by atoms with E-state index in [1.54, 1.807) is 11.3 Å². The van der Waals surface area contributed by atoms with Gasteiger partial charge in [0, 0.05) is 17.3 Å². The molecule has 0 radical (unpaired) electrons. The molecular weight excluding hydrogens is 376 g/mol. The molecule has 4 heteroatoms. The summed E-state index contributed by atoms with van der Waals surface area (Å²) in [6, 6.07) is 25.9. The SMILES string of the molecule is O=C(NCc1ccccc1-c1ccsc1)c1c2ccccc2nc2ccccc12. The molecule has 5 aromatic rings. The van der Waals surface area contributed by atoms with Crippen molar-refractivity contribution < 1.29 is 4.79 Å². The maximum Gasteiger partial charge on any atom is 0.252 e. The Bertz CT molecular complexity index is 1270. The molecule has 140 valence electrons. The Morgan fingerprint density at radius 3 is 2.17 bits per heavy atom. The van der Waals surface area contributed by atoms with E-state index in [1.807, 2.05) is 60.7 Å². The minimum absolute atomic E-state index is 0.0834. The van der Waals surface area contributed by atoms with Crippen molar-refractivity contribution in [3.63, 3.8) is 0 Å². The van der Waals surface area contributed by atoms with Crippen LogP contribution in [0.15, 0.2) is 89.6 Å². The van der Waals surface area contributed by atoms with Gasteiger partial charge in [-0.1, -0.05) is 60.7 Å². The molecule has 29 heavy (non-hydrogen) atoms. The van der Waals surface area contributed by atoms with Crippen molar-refractivity contribution in [2.75, 3.05) is 0 Å². The zero-order valence-corrected chi connectivity index (χ0v) is 16.4. The first-order chi connectivity index (χ1) is 14.3. The van der Waals surface area contributed by atoms with Crippen LogP contribution in [0.1, 0.15) is 15.9 Å². The van der Waals surface area contributed by atoms with E-state index < -0.39 is 0 Å². The fourth-order valence-corrected chi connectivity index (χ4v) is 4.38. The number of pyridine rings is 1. The lowest BCUT2D eigenvalue weighted by molar-refractivity contribution is 0.0954. The predicted octanol–water partition coefficient (Wildman–Crippen LogP) is 6.05. The lowest BCUT2D eigenvalue weighted by atomic mass is 10.0. The number of fused-ring (bicyclic) bond motifs is 2. The smallest absolute Gasteiger partial charge is 0.252 e. The van der Waals surface area contributed by atoms with Crippen molar-refractivity contribution in [3.8, 4) is 11.1 Å². The minimum Gasteiger partial charge on any atom is -0.348 e. The van der Waals surface area contributed by atoms with Crippen LogP contribution in [-0.2, 0) is 6.54 Å². The number of carbonyl (C=O) groups is 1. The van der Waals surface area contributed by atoms with E-state index in [-0.39, 0.29) is 5.91 Å². The number of hydrogen-bond acceptors (Lipinski definition) is 3. The molecule has 0 fully saturated rings. The van der Waals surface area contributed by atoms with Crippen LogP contribution in [-0.4, -0.2) is 10.9 Å². The summed E-state index contributed by atoms with van der Waals surface area (Å²) in [7, 11) is 0. The van der Waals surface area contributed by atoms with Crippen molar-refractivity contribution in [1.29, 1.82) is 0 Å². The van der Waals surface area contributed by atoms with Gasteiger partial charge in [-0.2, -0.15) is 11.3 Å². The molecule has 0 spiro atoms. The van der Waals surface area contributed by atoms with Gasteiger partial charge in [-0.25, -0.2) is 4.98 Å². The number of hydrogen-bond donors (Lipinski definition) is 1. The second kappa shape index (κ2) is 7.49. The van der Waals surface area contributed by atoms with Gasteiger partial charge in [0.15, 0.2) is 0 Å².